The summed E-state index contributed by atoms with van der Waals surface area (Å²) in [6, 6.07) is 8.54. The number of ether oxygens (including phenoxy) is 2. The van der Waals surface area contributed by atoms with Gasteiger partial charge >= 0.3 is 6.09 Å². The van der Waals surface area contributed by atoms with E-state index >= 15 is 0 Å². The Morgan fingerprint density at radius 3 is 2.65 bits per heavy atom. The zero-order chi connectivity index (χ0) is 16.7. The van der Waals surface area contributed by atoms with Gasteiger partial charge in [-0.05, 0) is 51.3 Å². The van der Waals surface area contributed by atoms with E-state index in [1.165, 1.54) is 5.56 Å². The second-order valence-electron chi connectivity index (χ2n) is 7.43. The van der Waals surface area contributed by atoms with E-state index in [9.17, 15) is 4.79 Å². The molecule has 2 aliphatic rings. The SMILES string of the molecule is CC(C)(C)OC(=O)N1CCC2(c3ccc(Br)cc3)CCOCC12. The van der Waals surface area contributed by atoms with Crippen LogP contribution in [0.15, 0.2) is 28.7 Å². The number of nitrogens with zero attached hydrogens (tertiary/aromatic N) is 1. The molecule has 0 aliphatic carbocycles. The van der Waals surface area contributed by atoms with E-state index in [1.54, 1.807) is 0 Å². The van der Waals surface area contributed by atoms with E-state index in [-0.39, 0.29) is 17.6 Å². The van der Waals surface area contributed by atoms with Crippen molar-refractivity contribution < 1.29 is 14.3 Å². The molecule has 1 aromatic rings. The lowest BCUT2D eigenvalue weighted by Crippen LogP contribution is -2.52. The number of likely N-dealkylation sites (tertiary alicyclic amines) is 1. The summed E-state index contributed by atoms with van der Waals surface area (Å²) in [6.07, 6.45) is 1.67. The largest absolute Gasteiger partial charge is 0.444 e. The van der Waals surface area contributed by atoms with Gasteiger partial charge in [-0.2, -0.15) is 0 Å². The van der Waals surface area contributed by atoms with Gasteiger partial charge in [0.15, 0.2) is 0 Å². The van der Waals surface area contributed by atoms with Gasteiger partial charge in [0, 0.05) is 23.0 Å². The molecule has 1 aromatic carbocycles. The van der Waals surface area contributed by atoms with Crippen molar-refractivity contribution in [3.05, 3.63) is 34.3 Å². The van der Waals surface area contributed by atoms with Crippen molar-refractivity contribution >= 4 is 22.0 Å². The first-order valence-corrected chi connectivity index (χ1v) is 8.95. The number of rotatable bonds is 1. The molecule has 0 aromatic heterocycles. The first kappa shape index (κ1) is 16.8. The fraction of sp³-hybridized carbons (Fsp3) is 0.611. The van der Waals surface area contributed by atoms with Crippen LogP contribution in [-0.4, -0.2) is 42.4 Å². The molecule has 0 N–H and O–H groups in total. The summed E-state index contributed by atoms with van der Waals surface area (Å²) in [5, 5.41) is 0. The van der Waals surface area contributed by atoms with Crippen LogP contribution in [0.2, 0.25) is 0 Å². The zero-order valence-corrected chi connectivity index (χ0v) is 15.6. The molecule has 2 fully saturated rings. The Balaban J connectivity index is 1.88. The number of carbonyl (C=O) groups is 1. The topological polar surface area (TPSA) is 38.8 Å². The Labute approximate surface area is 146 Å². The Hall–Kier alpha value is -1.07. The van der Waals surface area contributed by atoms with Gasteiger partial charge in [-0.15, -0.1) is 0 Å². The number of hydrogen-bond donors (Lipinski definition) is 0. The lowest BCUT2D eigenvalue weighted by atomic mass is 9.71. The molecule has 2 saturated heterocycles. The smallest absolute Gasteiger partial charge is 0.410 e. The highest BCUT2D eigenvalue weighted by molar-refractivity contribution is 9.10. The van der Waals surface area contributed by atoms with Crippen molar-refractivity contribution in [3.63, 3.8) is 0 Å². The third-order valence-corrected chi connectivity index (χ3v) is 5.36. The fourth-order valence-electron chi connectivity index (χ4n) is 3.73. The third-order valence-electron chi connectivity index (χ3n) is 4.83. The maximum atomic E-state index is 12.6. The van der Waals surface area contributed by atoms with Crippen LogP contribution in [0.4, 0.5) is 4.79 Å². The quantitative estimate of drug-likeness (QED) is 0.734. The third kappa shape index (κ3) is 3.26. The molecule has 4 nitrogen and oxygen atoms in total. The summed E-state index contributed by atoms with van der Waals surface area (Å²) < 4.78 is 12.4. The molecule has 0 bridgehead atoms. The number of carbonyl (C=O) groups excluding carboxylic acids is 1. The first-order chi connectivity index (χ1) is 10.8. The highest BCUT2D eigenvalue weighted by Gasteiger charge is 2.52. The van der Waals surface area contributed by atoms with E-state index in [2.05, 4.69) is 40.2 Å². The minimum Gasteiger partial charge on any atom is -0.444 e. The van der Waals surface area contributed by atoms with Crippen LogP contribution >= 0.6 is 15.9 Å². The van der Waals surface area contributed by atoms with Gasteiger partial charge in [0.25, 0.3) is 0 Å². The van der Waals surface area contributed by atoms with Crippen molar-refractivity contribution in [1.29, 1.82) is 0 Å². The van der Waals surface area contributed by atoms with E-state index in [0.717, 1.165) is 30.5 Å². The van der Waals surface area contributed by atoms with Gasteiger partial charge in [-0.1, -0.05) is 28.1 Å². The Morgan fingerprint density at radius 2 is 2.00 bits per heavy atom. The minimum atomic E-state index is -0.477. The summed E-state index contributed by atoms with van der Waals surface area (Å²) in [7, 11) is 0. The predicted octanol–water partition coefficient (Wildman–Crippen LogP) is 4.12. The molecule has 0 radical (unpaired) electrons. The second kappa shape index (κ2) is 6.10. The molecule has 2 heterocycles. The predicted molar refractivity (Wildman–Crippen MR) is 92.6 cm³/mol. The maximum absolute atomic E-state index is 12.6. The van der Waals surface area contributed by atoms with Gasteiger partial charge in [0.05, 0.1) is 12.6 Å². The maximum Gasteiger partial charge on any atom is 0.410 e. The van der Waals surface area contributed by atoms with E-state index in [4.69, 9.17) is 9.47 Å². The van der Waals surface area contributed by atoms with Crippen molar-refractivity contribution in [2.45, 2.75) is 50.7 Å². The van der Waals surface area contributed by atoms with E-state index < -0.39 is 5.60 Å². The van der Waals surface area contributed by atoms with Crippen LogP contribution in [-0.2, 0) is 14.9 Å². The summed E-state index contributed by atoms with van der Waals surface area (Å²) in [5.74, 6) is 0. The molecule has 1 amide bonds. The monoisotopic (exact) mass is 381 g/mol. The van der Waals surface area contributed by atoms with Crippen LogP contribution in [0.1, 0.15) is 39.2 Å². The second-order valence-corrected chi connectivity index (χ2v) is 8.34. The van der Waals surface area contributed by atoms with Crippen LogP contribution in [0.5, 0.6) is 0 Å². The number of benzene rings is 1. The van der Waals surface area contributed by atoms with Gasteiger partial charge < -0.3 is 14.4 Å². The lowest BCUT2D eigenvalue weighted by molar-refractivity contribution is -0.0190. The summed E-state index contributed by atoms with van der Waals surface area (Å²) in [4.78, 5) is 14.5. The number of hydrogen-bond acceptors (Lipinski definition) is 3. The number of halogens is 1. The molecular weight excluding hydrogens is 358 g/mol. The Kier molecular flexibility index (Phi) is 4.45. The molecule has 2 unspecified atom stereocenters. The van der Waals surface area contributed by atoms with Crippen LogP contribution in [0, 0.1) is 0 Å². The molecule has 23 heavy (non-hydrogen) atoms. The molecule has 5 heteroatoms. The first-order valence-electron chi connectivity index (χ1n) is 8.15. The number of amides is 1. The van der Waals surface area contributed by atoms with Crippen LogP contribution < -0.4 is 0 Å². The van der Waals surface area contributed by atoms with Gasteiger partial charge in [-0.3, -0.25) is 0 Å². The van der Waals surface area contributed by atoms with Crippen LogP contribution in [0.3, 0.4) is 0 Å². The average Bonchev–Trinajstić information content (AvgIpc) is 2.87. The van der Waals surface area contributed by atoms with Gasteiger partial charge in [-0.25, -0.2) is 4.79 Å². The van der Waals surface area contributed by atoms with Crippen LogP contribution in [0.25, 0.3) is 0 Å². The lowest BCUT2D eigenvalue weighted by Gasteiger charge is -2.42. The molecule has 0 saturated carbocycles. The van der Waals surface area contributed by atoms with Crippen molar-refractivity contribution in [3.8, 4) is 0 Å². The molecule has 126 valence electrons. The number of fused-ring (bicyclic) bond motifs is 1. The van der Waals surface area contributed by atoms with Crippen molar-refractivity contribution in [2.75, 3.05) is 19.8 Å². The van der Waals surface area contributed by atoms with Gasteiger partial charge in [0.2, 0.25) is 0 Å². The standard InChI is InChI=1S/C18H24BrNO3/c1-17(2,3)23-16(21)20-10-8-18(9-11-22-12-15(18)20)13-4-6-14(19)7-5-13/h4-7,15H,8-12H2,1-3H3. The Morgan fingerprint density at radius 1 is 1.30 bits per heavy atom. The van der Waals surface area contributed by atoms with Gasteiger partial charge in [0.1, 0.15) is 5.60 Å². The molecule has 2 aliphatic heterocycles. The molecule has 0 spiro atoms. The molecule has 2 atom stereocenters. The van der Waals surface area contributed by atoms with E-state index in [0.29, 0.717) is 6.61 Å². The Bertz CT molecular complexity index is 581. The molecular formula is C18H24BrNO3. The zero-order valence-electron chi connectivity index (χ0n) is 14.0. The molecule has 3 rings (SSSR count). The van der Waals surface area contributed by atoms with Crippen molar-refractivity contribution in [1.82, 2.24) is 4.90 Å². The van der Waals surface area contributed by atoms with Crippen molar-refractivity contribution in [2.24, 2.45) is 0 Å². The summed E-state index contributed by atoms with van der Waals surface area (Å²) in [5.41, 5.74) is 0.797. The minimum absolute atomic E-state index is 0.0180. The normalized spacial score (nSPS) is 27.7. The fourth-order valence-corrected chi connectivity index (χ4v) is 4.00. The summed E-state index contributed by atoms with van der Waals surface area (Å²) in [6.45, 7) is 7.75. The highest BCUT2D eigenvalue weighted by Crippen LogP contribution is 2.45. The summed E-state index contributed by atoms with van der Waals surface area (Å²) >= 11 is 3.50. The van der Waals surface area contributed by atoms with E-state index in [1.807, 2.05) is 25.7 Å². The average molecular weight is 382 g/mol. The highest BCUT2D eigenvalue weighted by atomic mass is 79.9.